The second-order valence-electron chi connectivity index (χ2n) is 2.76. The zero-order chi connectivity index (χ0) is 6.10. The lowest BCUT2D eigenvalue weighted by Crippen LogP contribution is -2.24. The molecule has 2 aliphatic rings. The van der Waals surface area contributed by atoms with Crippen LogP contribution in [0.5, 0.6) is 0 Å². The zero-order valence-electron chi connectivity index (χ0n) is 5.38. The molecule has 0 spiro atoms. The van der Waals surface area contributed by atoms with Crippen LogP contribution in [-0.4, -0.2) is 12.6 Å². The molecular weight excluding hydrogens is 112 g/mol. The van der Waals surface area contributed by atoms with E-state index in [1.165, 1.54) is 6.42 Å². The molecule has 0 aromatic heterocycles. The summed E-state index contributed by atoms with van der Waals surface area (Å²) in [5.41, 5.74) is 7.31. The highest BCUT2D eigenvalue weighted by atomic mass is 15.4. The Morgan fingerprint density at radius 2 is 2.22 bits per heavy atom. The molecule has 2 atom stereocenters. The lowest BCUT2D eigenvalue weighted by Gasteiger charge is -2.16. The molecular formula is C7H11N2. The van der Waals surface area contributed by atoms with Gasteiger partial charge in [0.15, 0.2) is 0 Å². The predicted octanol–water partition coefficient (Wildman–Crippen LogP) is 0.444. The first kappa shape index (κ1) is 5.45. The first-order valence-corrected chi connectivity index (χ1v) is 3.54. The van der Waals surface area contributed by atoms with Crippen LogP contribution in [0.15, 0.2) is 12.2 Å². The van der Waals surface area contributed by atoms with Gasteiger partial charge in [-0.3, -0.25) is 0 Å². The fourth-order valence-corrected chi connectivity index (χ4v) is 1.52. The molecule has 2 heteroatoms. The maximum absolute atomic E-state index is 4.26. The van der Waals surface area contributed by atoms with Gasteiger partial charge >= 0.3 is 0 Å². The van der Waals surface area contributed by atoms with E-state index in [1.54, 1.807) is 0 Å². The van der Waals surface area contributed by atoms with Crippen molar-refractivity contribution in [2.75, 3.05) is 6.54 Å². The predicted molar refractivity (Wildman–Crippen MR) is 35.8 cm³/mol. The maximum Gasteiger partial charge on any atom is 0.0494 e. The molecule has 1 heterocycles. The van der Waals surface area contributed by atoms with Crippen molar-refractivity contribution in [2.24, 2.45) is 5.92 Å². The van der Waals surface area contributed by atoms with Gasteiger partial charge in [0.05, 0.1) is 0 Å². The van der Waals surface area contributed by atoms with Crippen LogP contribution in [0.25, 0.3) is 0 Å². The van der Waals surface area contributed by atoms with Crippen LogP contribution in [-0.2, 0) is 0 Å². The molecule has 1 radical (unpaired) electrons. The Balaban J connectivity index is 2.07. The highest BCUT2D eigenvalue weighted by Gasteiger charge is 2.27. The average molecular weight is 123 g/mol. The molecule has 1 N–H and O–H groups in total. The Labute approximate surface area is 55.3 Å². The van der Waals surface area contributed by atoms with Crippen molar-refractivity contribution in [3.63, 3.8) is 0 Å². The molecule has 1 fully saturated rings. The molecule has 49 valence electrons. The summed E-state index contributed by atoms with van der Waals surface area (Å²) in [6.07, 6.45) is 6.88. The fraction of sp³-hybridized carbons (Fsp3) is 0.714. The van der Waals surface area contributed by atoms with Crippen molar-refractivity contribution in [1.82, 2.24) is 10.9 Å². The zero-order valence-corrected chi connectivity index (χ0v) is 5.38. The number of hydrogen-bond acceptors (Lipinski definition) is 1. The van der Waals surface area contributed by atoms with E-state index in [-0.39, 0.29) is 0 Å². The SMILES string of the molecule is C1=CCC2[N]NCC2C1. The van der Waals surface area contributed by atoms with E-state index in [9.17, 15) is 0 Å². The minimum Gasteiger partial charge on any atom is -0.240 e. The molecule has 0 aromatic rings. The van der Waals surface area contributed by atoms with Crippen molar-refractivity contribution in [3.05, 3.63) is 12.2 Å². The lowest BCUT2D eigenvalue weighted by molar-refractivity contribution is 0.442. The minimum absolute atomic E-state index is 0.593. The van der Waals surface area contributed by atoms with Gasteiger partial charge in [-0.25, -0.2) is 5.43 Å². The number of hydrogen-bond donors (Lipinski definition) is 1. The number of rotatable bonds is 0. The Morgan fingerprint density at radius 3 is 3.11 bits per heavy atom. The fourth-order valence-electron chi connectivity index (χ4n) is 1.52. The first-order valence-electron chi connectivity index (χ1n) is 3.54. The summed E-state index contributed by atoms with van der Waals surface area (Å²) >= 11 is 0. The Bertz CT molecular complexity index is 117. The average Bonchev–Trinajstić information content (AvgIpc) is 2.33. The topological polar surface area (TPSA) is 26.1 Å². The van der Waals surface area contributed by atoms with Gasteiger partial charge in [0.1, 0.15) is 0 Å². The molecule has 1 aliphatic heterocycles. The van der Waals surface area contributed by atoms with E-state index in [0.717, 1.165) is 18.9 Å². The van der Waals surface area contributed by atoms with Gasteiger partial charge < -0.3 is 0 Å². The van der Waals surface area contributed by atoms with Crippen LogP contribution in [0.2, 0.25) is 0 Å². The Kier molecular flexibility index (Phi) is 1.28. The molecule has 1 saturated heterocycles. The van der Waals surface area contributed by atoms with Gasteiger partial charge in [-0.1, -0.05) is 12.2 Å². The van der Waals surface area contributed by atoms with Crippen molar-refractivity contribution in [3.8, 4) is 0 Å². The van der Waals surface area contributed by atoms with Crippen molar-refractivity contribution < 1.29 is 0 Å². The van der Waals surface area contributed by atoms with Gasteiger partial charge in [-0.2, -0.15) is 5.43 Å². The summed E-state index contributed by atoms with van der Waals surface area (Å²) in [5.74, 6) is 0.801. The number of allylic oxidation sites excluding steroid dienone is 1. The summed E-state index contributed by atoms with van der Waals surface area (Å²) in [4.78, 5) is 0. The Hall–Kier alpha value is -0.340. The molecule has 0 saturated carbocycles. The summed E-state index contributed by atoms with van der Waals surface area (Å²) < 4.78 is 0. The first-order chi connectivity index (χ1) is 4.47. The summed E-state index contributed by atoms with van der Waals surface area (Å²) in [6.45, 7) is 1.09. The molecule has 0 amide bonds. The lowest BCUT2D eigenvalue weighted by atomic mass is 9.91. The van der Waals surface area contributed by atoms with Crippen LogP contribution in [0, 0.1) is 5.92 Å². The second kappa shape index (κ2) is 2.12. The molecule has 0 bridgehead atoms. The molecule has 1 aliphatic carbocycles. The standard InChI is InChI=1S/C7H11N2/c1-2-4-7-6(3-1)5-8-9-7/h1-2,6-8H,3-5H2. The highest BCUT2D eigenvalue weighted by molar-refractivity contribution is 4.99. The van der Waals surface area contributed by atoms with E-state index < -0.39 is 0 Å². The molecule has 9 heavy (non-hydrogen) atoms. The van der Waals surface area contributed by atoms with Crippen molar-refractivity contribution >= 4 is 0 Å². The van der Waals surface area contributed by atoms with Gasteiger partial charge in [-0.15, -0.1) is 0 Å². The van der Waals surface area contributed by atoms with Crippen LogP contribution in [0.4, 0.5) is 0 Å². The van der Waals surface area contributed by atoms with Gasteiger partial charge in [0.25, 0.3) is 0 Å². The molecule has 2 nitrogen and oxygen atoms in total. The van der Waals surface area contributed by atoms with E-state index in [1.807, 2.05) is 0 Å². The summed E-state index contributed by atoms with van der Waals surface area (Å²) in [5, 5.41) is 0. The third kappa shape index (κ3) is 0.884. The monoisotopic (exact) mass is 123 g/mol. The normalized spacial score (nSPS) is 40.9. The number of nitrogens with zero attached hydrogens (tertiary/aromatic N) is 1. The summed E-state index contributed by atoms with van der Waals surface area (Å²) in [7, 11) is 0. The van der Waals surface area contributed by atoms with E-state index in [0.29, 0.717) is 6.04 Å². The van der Waals surface area contributed by atoms with Crippen LogP contribution >= 0.6 is 0 Å². The number of nitrogens with one attached hydrogen (secondary N) is 1. The van der Waals surface area contributed by atoms with Crippen LogP contribution < -0.4 is 10.9 Å². The Morgan fingerprint density at radius 1 is 1.33 bits per heavy atom. The quantitative estimate of drug-likeness (QED) is 0.465. The van der Waals surface area contributed by atoms with Crippen molar-refractivity contribution in [1.29, 1.82) is 0 Å². The number of fused-ring (bicyclic) bond motifs is 1. The van der Waals surface area contributed by atoms with Crippen LogP contribution in [0.3, 0.4) is 0 Å². The minimum atomic E-state index is 0.593. The van der Waals surface area contributed by atoms with E-state index in [2.05, 4.69) is 23.0 Å². The third-order valence-electron chi connectivity index (χ3n) is 2.14. The molecule has 2 rings (SSSR count). The summed E-state index contributed by atoms with van der Waals surface area (Å²) in [6, 6.07) is 0.593. The van der Waals surface area contributed by atoms with Gasteiger partial charge in [-0.05, 0) is 18.8 Å². The van der Waals surface area contributed by atoms with Gasteiger partial charge in [0, 0.05) is 12.6 Å². The van der Waals surface area contributed by atoms with E-state index in [4.69, 9.17) is 0 Å². The van der Waals surface area contributed by atoms with E-state index >= 15 is 0 Å². The second-order valence-corrected chi connectivity index (χ2v) is 2.76. The van der Waals surface area contributed by atoms with Crippen molar-refractivity contribution in [2.45, 2.75) is 18.9 Å². The molecule has 2 unspecified atom stereocenters. The van der Waals surface area contributed by atoms with Crippen LogP contribution in [0.1, 0.15) is 12.8 Å². The largest absolute Gasteiger partial charge is 0.240 e. The highest BCUT2D eigenvalue weighted by Crippen LogP contribution is 2.21. The molecule has 0 aromatic carbocycles. The third-order valence-corrected chi connectivity index (χ3v) is 2.14. The maximum atomic E-state index is 4.26. The smallest absolute Gasteiger partial charge is 0.0494 e. The van der Waals surface area contributed by atoms with Gasteiger partial charge in [0.2, 0.25) is 0 Å².